The summed E-state index contributed by atoms with van der Waals surface area (Å²) in [5.74, 6) is 1.03. The van der Waals surface area contributed by atoms with Gasteiger partial charge in [-0.05, 0) is 55.5 Å². The zero-order chi connectivity index (χ0) is 14.8. The van der Waals surface area contributed by atoms with Crippen LogP contribution in [0.5, 0.6) is 0 Å². The molecule has 3 heteroatoms. The van der Waals surface area contributed by atoms with E-state index in [4.69, 9.17) is 4.42 Å². The van der Waals surface area contributed by atoms with Crippen molar-refractivity contribution in [3.8, 4) is 0 Å². The van der Waals surface area contributed by atoms with Crippen LogP contribution >= 0.6 is 0 Å². The van der Waals surface area contributed by atoms with Gasteiger partial charge in [-0.3, -0.25) is 4.90 Å². The van der Waals surface area contributed by atoms with Gasteiger partial charge in [0, 0.05) is 18.6 Å². The fourth-order valence-corrected chi connectivity index (χ4v) is 3.96. The van der Waals surface area contributed by atoms with Crippen LogP contribution in [0.15, 0.2) is 47.1 Å². The molecule has 22 heavy (non-hydrogen) atoms. The number of benzene rings is 1. The molecule has 116 valence electrons. The van der Waals surface area contributed by atoms with Gasteiger partial charge in [0.25, 0.3) is 0 Å². The summed E-state index contributed by atoms with van der Waals surface area (Å²) in [6.45, 7) is 3.26. The number of nitrogens with one attached hydrogen (secondary N) is 1. The van der Waals surface area contributed by atoms with Crippen LogP contribution in [-0.4, -0.2) is 30.1 Å². The highest BCUT2D eigenvalue weighted by atomic mass is 16.3. The second kappa shape index (κ2) is 6.27. The van der Waals surface area contributed by atoms with E-state index in [1.807, 2.05) is 12.1 Å². The molecule has 3 nitrogen and oxygen atoms in total. The third kappa shape index (κ3) is 2.96. The summed E-state index contributed by atoms with van der Waals surface area (Å²) in [5, 5.41) is 3.66. The number of fused-ring (bicyclic) bond motifs is 1. The number of hydrogen-bond donors (Lipinski definition) is 1. The summed E-state index contributed by atoms with van der Waals surface area (Å²) < 4.78 is 5.42. The fraction of sp³-hybridized carbons (Fsp3) is 0.474. The third-order valence-corrected chi connectivity index (χ3v) is 5.14. The van der Waals surface area contributed by atoms with E-state index in [0.717, 1.165) is 12.3 Å². The molecule has 0 radical (unpaired) electrons. The summed E-state index contributed by atoms with van der Waals surface area (Å²) in [6, 6.07) is 14.2. The molecule has 1 aliphatic carbocycles. The Morgan fingerprint density at radius 3 is 2.64 bits per heavy atom. The lowest BCUT2D eigenvalue weighted by Gasteiger charge is -2.37. The molecule has 1 aliphatic heterocycles. The van der Waals surface area contributed by atoms with E-state index in [-0.39, 0.29) is 0 Å². The maximum absolute atomic E-state index is 5.42. The molecule has 2 aliphatic rings. The van der Waals surface area contributed by atoms with Crippen molar-refractivity contribution in [3.05, 3.63) is 59.5 Å². The summed E-state index contributed by atoms with van der Waals surface area (Å²) in [5.41, 5.74) is 3.11. The summed E-state index contributed by atoms with van der Waals surface area (Å²) in [4.78, 5) is 2.70. The maximum atomic E-state index is 5.42. The molecule has 0 saturated carbocycles. The molecule has 0 spiro atoms. The van der Waals surface area contributed by atoms with Crippen LogP contribution in [0.25, 0.3) is 0 Å². The molecule has 2 aromatic rings. The Kier molecular flexibility index (Phi) is 4.00. The predicted molar refractivity (Wildman–Crippen MR) is 87.8 cm³/mol. The SMILES string of the molecule is c1coc(CNC2CCCN(C3Cc4ccccc4C3)C2)c1. The van der Waals surface area contributed by atoms with Gasteiger partial charge in [0.05, 0.1) is 12.8 Å². The third-order valence-electron chi connectivity index (χ3n) is 5.14. The second-order valence-corrected chi connectivity index (χ2v) is 6.63. The molecule has 1 unspecified atom stereocenters. The van der Waals surface area contributed by atoms with Crippen LogP contribution in [0.3, 0.4) is 0 Å². The highest BCUT2D eigenvalue weighted by Crippen LogP contribution is 2.27. The maximum Gasteiger partial charge on any atom is 0.117 e. The van der Waals surface area contributed by atoms with Crippen molar-refractivity contribution in [2.75, 3.05) is 13.1 Å². The quantitative estimate of drug-likeness (QED) is 0.940. The van der Waals surface area contributed by atoms with E-state index < -0.39 is 0 Å². The van der Waals surface area contributed by atoms with Crippen molar-refractivity contribution in [1.29, 1.82) is 0 Å². The van der Waals surface area contributed by atoms with Crippen molar-refractivity contribution in [2.24, 2.45) is 0 Å². The number of rotatable bonds is 4. The summed E-state index contributed by atoms with van der Waals surface area (Å²) in [6.07, 6.45) is 6.77. The highest BCUT2D eigenvalue weighted by molar-refractivity contribution is 5.33. The van der Waals surface area contributed by atoms with Crippen molar-refractivity contribution >= 4 is 0 Å². The van der Waals surface area contributed by atoms with Gasteiger partial charge in [-0.2, -0.15) is 0 Å². The molecular formula is C19H24N2O. The molecule has 0 bridgehead atoms. The molecule has 1 aromatic heterocycles. The topological polar surface area (TPSA) is 28.4 Å². The number of hydrogen-bond acceptors (Lipinski definition) is 3. The van der Waals surface area contributed by atoms with Crippen LogP contribution in [-0.2, 0) is 19.4 Å². The van der Waals surface area contributed by atoms with Crippen LogP contribution < -0.4 is 5.32 Å². The van der Waals surface area contributed by atoms with Gasteiger partial charge < -0.3 is 9.73 Å². The average molecular weight is 296 g/mol. The first-order chi connectivity index (χ1) is 10.9. The van der Waals surface area contributed by atoms with Crippen molar-refractivity contribution < 1.29 is 4.42 Å². The highest BCUT2D eigenvalue weighted by Gasteiger charge is 2.30. The molecule has 1 saturated heterocycles. The molecule has 0 amide bonds. The number of furan rings is 1. The zero-order valence-electron chi connectivity index (χ0n) is 13.0. The van der Waals surface area contributed by atoms with Gasteiger partial charge in [-0.25, -0.2) is 0 Å². The minimum absolute atomic E-state index is 0.586. The number of nitrogens with zero attached hydrogens (tertiary/aromatic N) is 1. The lowest BCUT2D eigenvalue weighted by Crippen LogP contribution is -2.49. The normalized spacial score (nSPS) is 22.8. The largest absolute Gasteiger partial charge is 0.468 e. The van der Waals surface area contributed by atoms with E-state index in [0.29, 0.717) is 12.1 Å². The zero-order valence-corrected chi connectivity index (χ0v) is 13.0. The molecular weight excluding hydrogens is 272 g/mol. The van der Waals surface area contributed by atoms with Crippen LogP contribution in [0.4, 0.5) is 0 Å². The smallest absolute Gasteiger partial charge is 0.117 e. The first kappa shape index (κ1) is 14.0. The van der Waals surface area contributed by atoms with Crippen LogP contribution in [0, 0.1) is 0 Å². The van der Waals surface area contributed by atoms with Gasteiger partial charge in [0.2, 0.25) is 0 Å². The molecule has 2 heterocycles. The molecule has 1 fully saturated rings. The summed E-state index contributed by atoms with van der Waals surface area (Å²) in [7, 11) is 0. The Morgan fingerprint density at radius 1 is 1.09 bits per heavy atom. The van der Waals surface area contributed by atoms with Crippen molar-refractivity contribution in [2.45, 2.75) is 44.3 Å². The lowest BCUT2D eigenvalue weighted by atomic mass is 10.0. The number of piperidine rings is 1. The van der Waals surface area contributed by atoms with Gasteiger partial charge in [0.1, 0.15) is 5.76 Å². The predicted octanol–water partition coefficient (Wildman–Crippen LogP) is 3.00. The Hall–Kier alpha value is -1.58. The monoisotopic (exact) mass is 296 g/mol. The van der Waals surface area contributed by atoms with E-state index in [2.05, 4.69) is 34.5 Å². The Labute approximate surface area is 132 Å². The van der Waals surface area contributed by atoms with E-state index >= 15 is 0 Å². The molecule has 1 N–H and O–H groups in total. The van der Waals surface area contributed by atoms with E-state index in [1.54, 1.807) is 17.4 Å². The Balaban J connectivity index is 1.34. The second-order valence-electron chi connectivity index (χ2n) is 6.63. The minimum atomic E-state index is 0.586. The molecule has 1 aromatic carbocycles. The Morgan fingerprint density at radius 2 is 1.91 bits per heavy atom. The molecule has 4 rings (SSSR count). The first-order valence-corrected chi connectivity index (χ1v) is 8.45. The lowest BCUT2D eigenvalue weighted by molar-refractivity contribution is 0.139. The van der Waals surface area contributed by atoms with Gasteiger partial charge in [-0.1, -0.05) is 24.3 Å². The Bertz CT molecular complexity index is 583. The van der Waals surface area contributed by atoms with Crippen molar-refractivity contribution in [3.63, 3.8) is 0 Å². The minimum Gasteiger partial charge on any atom is -0.468 e. The van der Waals surface area contributed by atoms with Gasteiger partial charge >= 0.3 is 0 Å². The number of likely N-dealkylation sites (tertiary alicyclic amines) is 1. The first-order valence-electron chi connectivity index (χ1n) is 8.45. The van der Waals surface area contributed by atoms with Gasteiger partial charge in [-0.15, -0.1) is 0 Å². The average Bonchev–Trinajstić information content (AvgIpc) is 3.22. The molecule has 1 atom stereocenters. The van der Waals surface area contributed by atoms with Crippen LogP contribution in [0.1, 0.15) is 29.7 Å². The summed E-state index contributed by atoms with van der Waals surface area (Å²) >= 11 is 0. The standard InChI is InChI=1S/C19H24N2O/c1-2-6-16-12-18(11-15(16)5-1)21-9-3-7-17(14-21)20-13-19-8-4-10-22-19/h1-2,4-6,8,10,17-18,20H,3,7,9,11-14H2. The van der Waals surface area contributed by atoms with Crippen LogP contribution in [0.2, 0.25) is 0 Å². The van der Waals surface area contributed by atoms with Gasteiger partial charge in [0.15, 0.2) is 0 Å². The van der Waals surface area contributed by atoms with E-state index in [1.165, 1.54) is 38.8 Å². The van der Waals surface area contributed by atoms with Crippen molar-refractivity contribution in [1.82, 2.24) is 10.2 Å². The van der Waals surface area contributed by atoms with E-state index in [9.17, 15) is 0 Å². The fourth-order valence-electron chi connectivity index (χ4n) is 3.96.